The lowest BCUT2D eigenvalue weighted by molar-refractivity contribution is -0.119. The van der Waals surface area contributed by atoms with Crippen LogP contribution in [0.15, 0.2) is 18.3 Å². The van der Waals surface area contributed by atoms with Gasteiger partial charge in [0.2, 0.25) is 5.91 Å². The van der Waals surface area contributed by atoms with E-state index in [4.69, 9.17) is 11.6 Å². The van der Waals surface area contributed by atoms with Gasteiger partial charge in [-0.2, -0.15) is 0 Å². The largest absolute Gasteiger partial charge is 0.310 e. The Bertz CT molecular complexity index is 425. The van der Waals surface area contributed by atoms with E-state index in [0.717, 1.165) is 25.7 Å². The zero-order valence-corrected chi connectivity index (χ0v) is 10.0. The van der Waals surface area contributed by atoms with Gasteiger partial charge in [0, 0.05) is 12.1 Å². The monoisotopic (exact) mass is 252 g/mol. The summed E-state index contributed by atoms with van der Waals surface area (Å²) in [5.41, 5.74) is 0.325. The lowest BCUT2D eigenvalue weighted by Crippen LogP contribution is -2.20. The Morgan fingerprint density at radius 3 is 2.53 bits per heavy atom. The third-order valence-corrected chi connectivity index (χ3v) is 3.19. The van der Waals surface area contributed by atoms with Crippen molar-refractivity contribution in [2.75, 3.05) is 5.32 Å². The zero-order valence-electron chi connectivity index (χ0n) is 9.28. The number of hydrogen-bond acceptors (Lipinski definition) is 3. The van der Waals surface area contributed by atoms with Crippen LogP contribution < -0.4 is 5.32 Å². The van der Waals surface area contributed by atoms with Crippen molar-refractivity contribution in [1.29, 1.82) is 0 Å². The molecule has 1 N–H and O–H groups in total. The smallest absolute Gasteiger partial charge is 0.253 e. The Morgan fingerprint density at radius 1 is 1.29 bits per heavy atom. The van der Waals surface area contributed by atoms with Crippen LogP contribution in [0.1, 0.15) is 36.0 Å². The first-order valence-corrected chi connectivity index (χ1v) is 6.01. The van der Waals surface area contributed by atoms with E-state index in [1.165, 1.54) is 6.20 Å². The van der Waals surface area contributed by atoms with E-state index in [2.05, 4.69) is 10.3 Å². The van der Waals surface area contributed by atoms with Gasteiger partial charge >= 0.3 is 0 Å². The predicted molar refractivity (Wildman–Crippen MR) is 65.0 cm³/mol. The van der Waals surface area contributed by atoms with Crippen molar-refractivity contribution in [1.82, 2.24) is 4.98 Å². The third kappa shape index (κ3) is 3.03. The topological polar surface area (TPSA) is 59.1 Å². The van der Waals surface area contributed by atoms with E-state index in [1.54, 1.807) is 12.1 Å². The fourth-order valence-electron chi connectivity index (χ4n) is 2.00. The van der Waals surface area contributed by atoms with E-state index in [-0.39, 0.29) is 11.8 Å². The molecular weight excluding hydrogens is 240 g/mol. The van der Waals surface area contributed by atoms with Crippen LogP contribution in [0.3, 0.4) is 0 Å². The van der Waals surface area contributed by atoms with Gasteiger partial charge in [0.05, 0.1) is 5.56 Å². The van der Waals surface area contributed by atoms with Gasteiger partial charge in [-0.3, -0.25) is 9.59 Å². The molecule has 1 aromatic heterocycles. The molecule has 1 amide bonds. The fraction of sp³-hybridized carbons (Fsp3) is 0.417. The second kappa shape index (κ2) is 5.27. The van der Waals surface area contributed by atoms with Crippen molar-refractivity contribution in [3.63, 3.8) is 0 Å². The molecule has 1 aromatic rings. The van der Waals surface area contributed by atoms with Crippen LogP contribution in [-0.2, 0) is 4.79 Å². The van der Waals surface area contributed by atoms with E-state index in [1.807, 2.05) is 0 Å². The maximum atomic E-state index is 11.8. The number of halogens is 1. The summed E-state index contributed by atoms with van der Waals surface area (Å²) in [6, 6.07) is 3.13. The number of pyridine rings is 1. The Hall–Kier alpha value is -1.42. The van der Waals surface area contributed by atoms with Crippen LogP contribution in [0.4, 0.5) is 5.82 Å². The summed E-state index contributed by atoms with van der Waals surface area (Å²) < 4.78 is 0. The number of rotatable bonds is 3. The maximum absolute atomic E-state index is 11.8. The molecule has 1 aliphatic rings. The first-order chi connectivity index (χ1) is 8.16. The molecule has 0 aliphatic heterocycles. The molecule has 90 valence electrons. The molecule has 0 radical (unpaired) electrons. The highest BCUT2D eigenvalue weighted by molar-refractivity contribution is 6.67. The second-order valence-corrected chi connectivity index (χ2v) is 4.52. The normalized spacial score (nSPS) is 15.8. The zero-order chi connectivity index (χ0) is 12.3. The number of anilines is 1. The molecule has 1 aliphatic carbocycles. The predicted octanol–water partition coefficient (Wildman–Crippen LogP) is 2.59. The minimum absolute atomic E-state index is 0.0138. The van der Waals surface area contributed by atoms with Crippen LogP contribution in [0.5, 0.6) is 0 Å². The summed E-state index contributed by atoms with van der Waals surface area (Å²) in [5, 5.41) is 2.20. The van der Waals surface area contributed by atoms with Crippen LogP contribution in [0.25, 0.3) is 0 Å². The molecule has 0 aromatic carbocycles. The molecule has 1 heterocycles. The first-order valence-electron chi connectivity index (χ1n) is 5.63. The van der Waals surface area contributed by atoms with Crippen molar-refractivity contribution < 1.29 is 9.59 Å². The SMILES string of the molecule is O=C(Cl)c1ccc(NC(=O)C2CCCC2)nc1. The molecule has 4 nitrogen and oxygen atoms in total. The highest BCUT2D eigenvalue weighted by Crippen LogP contribution is 2.25. The lowest BCUT2D eigenvalue weighted by Gasteiger charge is -2.09. The number of aromatic nitrogens is 1. The molecule has 0 saturated heterocycles. The van der Waals surface area contributed by atoms with Crippen molar-refractivity contribution in [2.45, 2.75) is 25.7 Å². The van der Waals surface area contributed by atoms with Crippen molar-refractivity contribution in [2.24, 2.45) is 5.92 Å². The van der Waals surface area contributed by atoms with Crippen molar-refractivity contribution in [3.05, 3.63) is 23.9 Å². The van der Waals surface area contributed by atoms with E-state index < -0.39 is 5.24 Å². The van der Waals surface area contributed by atoms with Gasteiger partial charge in [0.1, 0.15) is 5.82 Å². The quantitative estimate of drug-likeness (QED) is 0.841. The minimum atomic E-state index is -0.550. The Labute approximate surface area is 104 Å². The van der Waals surface area contributed by atoms with E-state index >= 15 is 0 Å². The molecule has 1 fully saturated rings. The number of nitrogens with one attached hydrogen (secondary N) is 1. The highest BCUT2D eigenvalue weighted by atomic mass is 35.5. The summed E-state index contributed by atoms with van der Waals surface area (Å²) in [5.74, 6) is 0.578. The molecule has 1 saturated carbocycles. The average Bonchev–Trinajstić information content (AvgIpc) is 2.83. The highest BCUT2D eigenvalue weighted by Gasteiger charge is 2.22. The first kappa shape index (κ1) is 12.0. The summed E-state index contributed by atoms with van der Waals surface area (Å²) in [7, 11) is 0. The molecule has 0 bridgehead atoms. The summed E-state index contributed by atoms with van der Waals surface area (Å²) in [6.45, 7) is 0. The van der Waals surface area contributed by atoms with Crippen LogP contribution in [0, 0.1) is 5.92 Å². The number of carbonyl (C=O) groups excluding carboxylic acids is 2. The number of carbonyl (C=O) groups is 2. The van der Waals surface area contributed by atoms with Gasteiger partial charge in [0.15, 0.2) is 0 Å². The molecule has 17 heavy (non-hydrogen) atoms. The molecule has 0 atom stereocenters. The fourth-order valence-corrected chi connectivity index (χ4v) is 2.11. The Kier molecular flexibility index (Phi) is 3.74. The van der Waals surface area contributed by atoms with Gasteiger partial charge in [0.25, 0.3) is 5.24 Å². The molecule has 0 unspecified atom stereocenters. The summed E-state index contributed by atoms with van der Waals surface area (Å²) in [4.78, 5) is 26.6. The van der Waals surface area contributed by atoms with Gasteiger partial charge in [-0.15, -0.1) is 0 Å². The van der Waals surface area contributed by atoms with Crippen molar-refractivity contribution in [3.8, 4) is 0 Å². The van der Waals surface area contributed by atoms with Crippen LogP contribution >= 0.6 is 11.6 Å². The number of nitrogens with zero attached hydrogens (tertiary/aromatic N) is 1. The minimum Gasteiger partial charge on any atom is -0.310 e. The van der Waals surface area contributed by atoms with Gasteiger partial charge in [-0.25, -0.2) is 4.98 Å². The average molecular weight is 253 g/mol. The third-order valence-electron chi connectivity index (χ3n) is 2.97. The van der Waals surface area contributed by atoms with Gasteiger partial charge < -0.3 is 5.32 Å². The van der Waals surface area contributed by atoms with Crippen molar-refractivity contribution >= 4 is 28.6 Å². The Balaban J connectivity index is 1.98. The second-order valence-electron chi connectivity index (χ2n) is 4.18. The molecule has 5 heteroatoms. The number of amides is 1. The maximum Gasteiger partial charge on any atom is 0.253 e. The summed E-state index contributed by atoms with van der Waals surface area (Å²) in [6.07, 6.45) is 5.49. The molecule has 0 spiro atoms. The van der Waals surface area contributed by atoms with Crippen LogP contribution in [0.2, 0.25) is 0 Å². The van der Waals surface area contributed by atoms with E-state index in [9.17, 15) is 9.59 Å². The van der Waals surface area contributed by atoms with Crippen LogP contribution in [-0.4, -0.2) is 16.1 Å². The van der Waals surface area contributed by atoms with Gasteiger partial charge in [-0.05, 0) is 36.6 Å². The van der Waals surface area contributed by atoms with Gasteiger partial charge in [-0.1, -0.05) is 12.8 Å². The molecular formula is C12H13ClN2O2. The molecule has 2 rings (SSSR count). The summed E-state index contributed by atoms with van der Waals surface area (Å²) >= 11 is 5.30. The van der Waals surface area contributed by atoms with E-state index in [0.29, 0.717) is 11.4 Å². The number of hydrogen-bond donors (Lipinski definition) is 1. The Morgan fingerprint density at radius 2 is 2.00 bits per heavy atom. The standard InChI is InChI=1S/C12H13ClN2O2/c13-11(16)9-5-6-10(14-7-9)15-12(17)8-3-1-2-4-8/h5-8H,1-4H2,(H,14,15,17). The lowest BCUT2D eigenvalue weighted by atomic mass is 10.1.